The van der Waals surface area contributed by atoms with Gasteiger partial charge in [0.2, 0.25) is 10.0 Å². The highest BCUT2D eigenvalue weighted by Gasteiger charge is 2.12. The van der Waals surface area contributed by atoms with Gasteiger partial charge in [-0.25, -0.2) is 13.1 Å². The molecule has 0 amide bonds. The Morgan fingerprint density at radius 2 is 1.81 bits per heavy atom. The van der Waals surface area contributed by atoms with Gasteiger partial charge >= 0.3 is 0 Å². The van der Waals surface area contributed by atoms with Gasteiger partial charge in [-0.1, -0.05) is 25.5 Å². The molecule has 1 aromatic carbocycles. The van der Waals surface area contributed by atoms with Gasteiger partial charge in [-0.15, -0.1) is 0 Å². The van der Waals surface area contributed by atoms with E-state index < -0.39 is 10.0 Å². The first-order valence-corrected chi connectivity index (χ1v) is 8.95. The molecule has 0 fully saturated rings. The van der Waals surface area contributed by atoms with Crippen LogP contribution in [-0.2, 0) is 21.2 Å². The van der Waals surface area contributed by atoms with Crippen LogP contribution in [-0.4, -0.2) is 34.7 Å². The Kier molecular flexibility index (Phi) is 8.52. The van der Waals surface area contributed by atoms with Gasteiger partial charge in [0.1, 0.15) is 0 Å². The number of sulfonamides is 1. The van der Waals surface area contributed by atoms with Crippen molar-refractivity contribution in [3.05, 3.63) is 29.8 Å². The zero-order chi connectivity index (χ0) is 15.6. The standard InChI is InChI=1S/C15H26N2O3S/c1-2-3-12-20-13-4-11-17-21(18,19)15-7-5-14(6-8-15)9-10-16/h5-8,17H,2-4,9-13,16H2,1H3. The second-order valence-corrected chi connectivity index (χ2v) is 6.67. The van der Waals surface area contributed by atoms with Crippen molar-refractivity contribution < 1.29 is 13.2 Å². The fourth-order valence-electron chi connectivity index (χ4n) is 1.81. The molecular weight excluding hydrogens is 288 g/mol. The van der Waals surface area contributed by atoms with Gasteiger partial charge < -0.3 is 10.5 Å². The van der Waals surface area contributed by atoms with Crippen molar-refractivity contribution in [1.82, 2.24) is 4.72 Å². The topological polar surface area (TPSA) is 81.4 Å². The quantitative estimate of drug-likeness (QED) is 0.609. The average molecular weight is 314 g/mol. The molecule has 1 aromatic rings. The lowest BCUT2D eigenvalue weighted by molar-refractivity contribution is 0.130. The Labute approximate surface area is 127 Å². The third kappa shape index (κ3) is 7.04. The zero-order valence-corrected chi connectivity index (χ0v) is 13.5. The van der Waals surface area contributed by atoms with Crippen LogP contribution in [0, 0.1) is 0 Å². The van der Waals surface area contributed by atoms with Crippen molar-refractivity contribution >= 4 is 10.0 Å². The summed E-state index contributed by atoms with van der Waals surface area (Å²) in [7, 11) is -3.43. The maximum Gasteiger partial charge on any atom is 0.240 e. The molecule has 0 saturated carbocycles. The normalized spacial score (nSPS) is 11.7. The molecule has 0 atom stereocenters. The van der Waals surface area contributed by atoms with Crippen LogP contribution in [0.3, 0.4) is 0 Å². The smallest absolute Gasteiger partial charge is 0.240 e. The first-order valence-electron chi connectivity index (χ1n) is 7.46. The summed E-state index contributed by atoms with van der Waals surface area (Å²) in [6.07, 6.45) is 3.57. The van der Waals surface area contributed by atoms with Crippen molar-refractivity contribution in [1.29, 1.82) is 0 Å². The minimum absolute atomic E-state index is 0.287. The highest BCUT2D eigenvalue weighted by atomic mass is 32.2. The van der Waals surface area contributed by atoms with E-state index in [0.717, 1.165) is 31.4 Å². The molecule has 1 rings (SSSR count). The van der Waals surface area contributed by atoms with Crippen LogP contribution >= 0.6 is 0 Å². The lowest BCUT2D eigenvalue weighted by Crippen LogP contribution is -2.25. The number of nitrogens with two attached hydrogens (primary N) is 1. The van der Waals surface area contributed by atoms with Crippen molar-refractivity contribution in [2.45, 2.75) is 37.5 Å². The molecule has 0 radical (unpaired) electrons. The molecule has 3 N–H and O–H groups in total. The summed E-state index contributed by atoms with van der Waals surface area (Å²) < 4.78 is 32.1. The van der Waals surface area contributed by atoms with Crippen LogP contribution in [0.25, 0.3) is 0 Å². The number of unbranched alkanes of at least 4 members (excludes halogenated alkanes) is 1. The van der Waals surface area contributed by atoms with Crippen LogP contribution in [0.4, 0.5) is 0 Å². The SMILES string of the molecule is CCCCOCCCNS(=O)(=O)c1ccc(CCN)cc1. The molecule has 120 valence electrons. The zero-order valence-electron chi connectivity index (χ0n) is 12.7. The molecule has 0 unspecified atom stereocenters. The summed E-state index contributed by atoms with van der Waals surface area (Å²) in [6.45, 7) is 4.38. The molecule has 0 aliphatic carbocycles. The number of rotatable bonds is 11. The second-order valence-electron chi connectivity index (χ2n) is 4.90. The van der Waals surface area contributed by atoms with E-state index in [1.165, 1.54) is 0 Å². The number of hydrogen-bond donors (Lipinski definition) is 2. The van der Waals surface area contributed by atoms with E-state index in [-0.39, 0.29) is 4.90 Å². The van der Waals surface area contributed by atoms with Crippen LogP contribution in [0.2, 0.25) is 0 Å². The van der Waals surface area contributed by atoms with Gasteiger partial charge in [0.25, 0.3) is 0 Å². The molecule has 0 aromatic heterocycles. The Morgan fingerprint density at radius 1 is 1.14 bits per heavy atom. The molecular formula is C15H26N2O3S. The van der Waals surface area contributed by atoms with Gasteiger partial charge in [0.05, 0.1) is 4.90 Å². The van der Waals surface area contributed by atoms with Crippen molar-refractivity contribution in [2.75, 3.05) is 26.3 Å². The Hall–Kier alpha value is -0.950. The molecule has 5 nitrogen and oxygen atoms in total. The predicted octanol–water partition coefficient (Wildman–Crippen LogP) is 1.67. The van der Waals surface area contributed by atoms with E-state index in [9.17, 15) is 8.42 Å². The van der Waals surface area contributed by atoms with Crippen molar-refractivity contribution in [2.24, 2.45) is 5.73 Å². The molecule has 21 heavy (non-hydrogen) atoms. The first-order chi connectivity index (χ1) is 10.1. The van der Waals surface area contributed by atoms with Crippen molar-refractivity contribution in [3.8, 4) is 0 Å². The molecule has 0 heterocycles. The number of nitrogens with one attached hydrogen (secondary N) is 1. The van der Waals surface area contributed by atoms with Gasteiger partial charge in [-0.3, -0.25) is 0 Å². The third-order valence-corrected chi connectivity index (χ3v) is 4.54. The number of ether oxygens (including phenoxy) is 1. The molecule has 0 spiro atoms. The van der Waals surface area contributed by atoms with E-state index >= 15 is 0 Å². The minimum atomic E-state index is -3.43. The second kappa shape index (κ2) is 9.89. The Bertz CT molecular complexity index is 486. The highest BCUT2D eigenvalue weighted by molar-refractivity contribution is 7.89. The summed E-state index contributed by atoms with van der Waals surface area (Å²) in [5.74, 6) is 0. The first kappa shape index (κ1) is 18.1. The highest BCUT2D eigenvalue weighted by Crippen LogP contribution is 2.10. The summed E-state index contributed by atoms with van der Waals surface area (Å²) in [5.41, 5.74) is 6.51. The fraction of sp³-hybridized carbons (Fsp3) is 0.600. The van der Waals surface area contributed by atoms with Crippen LogP contribution < -0.4 is 10.5 Å². The molecule has 0 aliphatic heterocycles. The molecule has 0 saturated heterocycles. The molecule has 0 bridgehead atoms. The third-order valence-electron chi connectivity index (χ3n) is 3.07. The van der Waals surface area contributed by atoms with E-state index in [0.29, 0.717) is 26.1 Å². The number of hydrogen-bond acceptors (Lipinski definition) is 4. The monoisotopic (exact) mass is 314 g/mol. The largest absolute Gasteiger partial charge is 0.381 e. The lowest BCUT2D eigenvalue weighted by atomic mass is 10.2. The Morgan fingerprint density at radius 3 is 2.43 bits per heavy atom. The maximum absolute atomic E-state index is 12.1. The van der Waals surface area contributed by atoms with Gasteiger partial charge in [-0.2, -0.15) is 0 Å². The van der Waals surface area contributed by atoms with Crippen LogP contribution in [0.5, 0.6) is 0 Å². The van der Waals surface area contributed by atoms with Gasteiger partial charge in [-0.05, 0) is 43.5 Å². The molecule has 0 aliphatic rings. The fourth-order valence-corrected chi connectivity index (χ4v) is 2.89. The van der Waals surface area contributed by atoms with Gasteiger partial charge in [0, 0.05) is 19.8 Å². The molecule has 6 heteroatoms. The number of benzene rings is 1. The lowest BCUT2D eigenvalue weighted by Gasteiger charge is -2.08. The van der Waals surface area contributed by atoms with Crippen LogP contribution in [0.1, 0.15) is 31.7 Å². The van der Waals surface area contributed by atoms with Crippen molar-refractivity contribution in [3.63, 3.8) is 0 Å². The Balaban J connectivity index is 2.35. The van der Waals surface area contributed by atoms with E-state index in [2.05, 4.69) is 11.6 Å². The van der Waals surface area contributed by atoms with Crippen LogP contribution in [0.15, 0.2) is 29.2 Å². The average Bonchev–Trinajstić information content (AvgIpc) is 2.47. The summed E-state index contributed by atoms with van der Waals surface area (Å²) >= 11 is 0. The van der Waals surface area contributed by atoms with Gasteiger partial charge in [0.15, 0.2) is 0 Å². The summed E-state index contributed by atoms with van der Waals surface area (Å²) in [4.78, 5) is 0.287. The van der Waals surface area contributed by atoms with E-state index in [1.807, 2.05) is 0 Å². The van der Waals surface area contributed by atoms with E-state index in [1.54, 1.807) is 24.3 Å². The summed E-state index contributed by atoms with van der Waals surface area (Å²) in [5, 5.41) is 0. The predicted molar refractivity (Wildman–Crippen MR) is 84.7 cm³/mol. The minimum Gasteiger partial charge on any atom is -0.381 e. The maximum atomic E-state index is 12.1. The van der Waals surface area contributed by atoms with E-state index in [4.69, 9.17) is 10.5 Å². The summed E-state index contributed by atoms with van der Waals surface area (Å²) in [6, 6.07) is 6.83.